The van der Waals surface area contributed by atoms with Crippen LogP contribution in [0.1, 0.15) is 26.2 Å². The number of primary sulfonamides is 1. The van der Waals surface area contributed by atoms with E-state index in [4.69, 9.17) is 9.88 Å². The number of likely N-dealkylation sites (tertiary alicyclic amines) is 1. The molecular weight excluding hydrogens is 346 g/mol. The van der Waals surface area contributed by atoms with Crippen molar-refractivity contribution in [2.45, 2.75) is 37.1 Å². The minimum atomic E-state index is -3.77. The van der Waals surface area contributed by atoms with E-state index in [1.54, 1.807) is 6.92 Å². The molecule has 1 aliphatic heterocycles. The fourth-order valence-electron chi connectivity index (χ4n) is 2.80. The van der Waals surface area contributed by atoms with Gasteiger partial charge in [-0.05, 0) is 50.6 Å². The van der Waals surface area contributed by atoms with Crippen LogP contribution in [0.2, 0.25) is 0 Å². The van der Waals surface area contributed by atoms with Crippen LogP contribution in [0.4, 0.5) is 5.69 Å². The summed E-state index contributed by atoms with van der Waals surface area (Å²) in [6.45, 7) is 2.79. The second-order valence-electron chi connectivity index (χ2n) is 5.85. The number of nitrogens with two attached hydrogens (primary N) is 1. The van der Waals surface area contributed by atoms with Gasteiger partial charge in [0.25, 0.3) is 0 Å². The number of nitrogens with one attached hydrogen (secondary N) is 1. The second-order valence-corrected chi connectivity index (χ2v) is 7.41. The van der Waals surface area contributed by atoms with E-state index in [0.717, 1.165) is 12.8 Å². The second kappa shape index (κ2) is 8.41. The molecule has 8 nitrogen and oxygen atoms in total. The summed E-state index contributed by atoms with van der Waals surface area (Å²) in [7, 11) is -3.77. The Morgan fingerprint density at radius 1 is 1.28 bits per heavy atom. The number of carbonyl (C=O) groups is 2. The molecule has 1 unspecified atom stereocenters. The highest BCUT2D eigenvalue weighted by Gasteiger charge is 2.30. The summed E-state index contributed by atoms with van der Waals surface area (Å²) in [6, 6.07) is 5.19. The third-order valence-electron chi connectivity index (χ3n) is 3.99. The molecule has 9 heteroatoms. The highest BCUT2D eigenvalue weighted by atomic mass is 32.2. The number of benzene rings is 1. The van der Waals surface area contributed by atoms with Gasteiger partial charge in [-0.15, -0.1) is 0 Å². The van der Waals surface area contributed by atoms with E-state index in [9.17, 15) is 18.0 Å². The number of sulfonamides is 1. The maximum atomic E-state index is 12.2. The Hall–Kier alpha value is -1.97. The monoisotopic (exact) mass is 369 g/mol. The number of hydrogen-bond acceptors (Lipinski definition) is 6. The minimum absolute atomic E-state index is 0.0242. The van der Waals surface area contributed by atoms with E-state index >= 15 is 0 Å². The summed E-state index contributed by atoms with van der Waals surface area (Å²) < 4.78 is 27.5. The van der Waals surface area contributed by atoms with Gasteiger partial charge in [-0.25, -0.2) is 13.6 Å². The molecule has 0 bridgehead atoms. The quantitative estimate of drug-likeness (QED) is 0.712. The summed E-state index contributed by atoms with van der Waals surface area (Å²) in [5, 5.41) is 7.73. The van der Waals surface area contributed by atoms with Crippen molar-refractivity contribution in [3.63, 3.8) is 0 Å². The molecule has 0 saturated carbocycles. The zero-order valence-corrected chi connectivity index (χ0v) is 14.9. The van der Waals surface area contributed by atoms with Crippen molar-refractivity contribution in [1.82, 2.24) is 4.90 Å². The maximum absolute atomic E-state index is 12.2. The molecule has 1 aliphatic rings. The molecule has 1 aromatic carbocycles. The Morgan fingerprint density at radius 3 is 2.56 bits per heavy atom. The van der Waals surface area contributed by atoms with Crippen LogP contribution in [0.5, 0.6) is 0 Å². The van der Waals surface area contributed by atoms with E-state index in [2.05, 4.69) is 5.32 Å². The summed E-state index contributed by atoms with van der Waals surface area (Å²) in [4.78, 5) is 26.0. The Labute approximate surface area is 147 Å². The van der Waals surface area contributed by atoms with Crippen molar-refractivity contribution < 1.29 is 22.7 Å². The maximum Gasteiger partial charge on any atom is 0.323 e. The summed E-state index contributed by atoms with van der Waals surface area (Å²) in [6.07, 6.45) is 2.53. The highest BCUT2D eigenvalue weighted by molar-refractivity contribution is 7.89. The van der Waals surface area contributed by atoms with Gasteiger partial charge in [0.1, 0.15) is 6.04 Å². The first-order chi connectivity index (χ1) is 11.8. The lowest BCUT2D eigenvalue weighted by atomic mass is 10.0. The molecule has 1 saturated heterocycles. The number of carbonyl (C=O) groups excluding carboxylic acids is 2. The van der Waals surface area contributed by atoms with Crippen LogP contribution in [-0.2, 0) is 24.3 Å². The van der Waals surface area contributed by atoms with Gasteiger partial charge in [-0.1, -0.05) is 6.42 Å². The van der Waals surface area contributed by atoms with Gasteiger partial charge in [0, 0.05) is 5.69 Å². The summed E-state index contributed by atoms with van der Waals surface area (Å²) in [5.74, 6) is -0.577. The number of anilines is 1. The van der Waals surface area contributed by atoms with Crippen LogP contribution >= 0.6 is 0 Å². The molecule has 0 aromatic heterocycles. The lowest BCUT2D eigenvalue weighted by molar-refractivity contribution is -0.151. The van der Waals surface area contributed by atoms with Gasteiger partial charge in [0.05, 0.1) is 18.0 Å². The number of esters is 1. The Morgan fingerprint density at radius 2 is 1.96 bits per heavy atom. The molecule has 1 fully saturated rings. The van der Waals surface area contributed by atoms with Crippen molar-refractivity contribution in [1.29, 1.82) is 0 Å². The lowest BCUT2D eigenvalue weighted by Crippen LogP contribution is -2.48. The van der Waals surface area contributed by atoms with Gasteiger partial charge in [0.2, 0.25) is 15.9 Å². The molecule has 1 amide bonds. The number of ether oxygens (including phenoxy) is 1. The first-order valence-corrected chi connectivity index (χ1v) is 9.69. The Bertz CT molecular complexity index is 718. The molecule has 3 N–H and O–H groups in total. The molecule has 1 atom stereocenters. The van der Waals surface area contributed by atoms with Gasteiger partial charge < -0.3 is 10.1 Å². The van der Waals surface area contributed by atoms with Crippen molar-refractivity contribution in [3.05, 3.63) is 24.3 Å². The zero-order chi connectivity index (χ0) is 18.4. The molecule has 138 valence electrons. The van der Waals surface area contributed by atoms with Crippen LogP contribution in [-0.4, -0.2) is 50.9 Å². The molecule has 0 spiro atoms. The summed E-state index contributed by atoms with van der Waals surface area (Å²) >= 11 is 0. The smallest absolute Gasteiger partial charge is 0.323 e. The molecule has 1 heterocycles. The SMILES string of the molecule is CCOC(=O)C1CCCCN1CC(=O)Nc1ccc(S(N)(=O)=O)cc1. The molecular formula is C16H23N3O5S. The first kappa shape index (κ1) is 19.4. The normalized spacial score (nSPS) is 18.6. The molecule has 0 radical (unpaired) electrons. The average Bonchev–Trinajstić information content (AvgIpc) is 2.55. The van der Waals surface area contributed by atoms with Crippen molar-refractivity contribution >= 4 is 27.6 Å². The first-order valence-electron chi connectivity index (χ1n) is 8.14. The van der Waals surface area contributed by atoms with E-state index in [1.807, 2.05) is 4.90 Å². The Balaban J connectivity index is 1.97. The van der Waals surface area contributed by atoms with Crippen LogP contribution in [0, 0.1) is 0 Å². The molecule has 0 aliphatic carbocycles. The largest absolute Gasteiger partial charge is 0.465 e. The van der Waals surface area contributed by atoms with E-state index < -0.39 is 16.1 Å². The van der Waals surface area contributed by atoms with E-state index in [1.165, 1.54) is 24.3 Å². The predicted octanol–water partition coefficient (Wildman–Crippen LogP) is 0.690. The van der Waals surface area contributed by atoms with E-state index in [-0.39, 0.29) is 23.3 Å². The van der Waals surface area contributed by atoms with Crippen LogP contribution in [0.25, 0.3) is 0 Å². The third kappa shape index (κ3) is 5.52. The van der Waals surface area contributed by atoms with Crippen LogP contribution in [0.15, 0.2) is 29.2 Å². The number of nitrogens with zero attached hydrogens (tertiary/aromatic N) is 1. The van der Waals surface area contributed by atoms with Gasteiger partial charge in [-0.3, -0.25) is 14.5 Å². The van der Waals surface area contributed by atoms with Crippen molar-refractivity contribution in [2.75, 3.05) is 25.0 Å². The van der Waals surface area contributed by atoms with Crippen molar-refractivity contribution in [2.24, 2.45) is 5.14 Å². The number of amides is 1. The fourth-order valence-corrected chi connectivity index (χ4v) is 3.31. The topological polar surface area (TPSA) is 119 Å². The zero-order valence-electron chi connectivity index (χ0n) is 14.1. The molecule has 25 heavy (non-hydrogen) atoms. The number of rotatable bonds is 6. The van der Waals surface area contributed by atoms with Crippen LogP contribution in [0.3, 0.4) is 0 Å². The third-order valence-corrected chi connectivity index (χ3v) is 4.91. The van der Waals surface area contributed by atoms with Crippen molar-refractivity contribution in [3.8, 4) is 0 Å². The predicted molar refractivity (Wildman–Crippen MR) is 92.3 cm³/mol. The van der Waals surface area contributed by atoms with Gasteiger partial charge in [-0.2, -0.15) is 0 Å². The van der Waals surface area contributed by atoms with E-state index in [0.29, 0.717) is 25.3 Å². The summed E-state index contributed by atoms with van der Waals surface area (Å²) in [5.41, 5.74) is 0.460. The highest BCUT2D eigenvalue weighted by Crippen LogP contribution is 2.18. The van der Waals surface area contributed by atoms with Gasteiger partial charge in [0.15, 0.2) is 0 Å². The molecule has 2 rings (SSSR count). The molecule has 1 aromatic rings. The number of hydrogen-bond donors (Lipinski definition) is 2. The van der Waals surface area contributed by atoms with Crippen LogP contribution < -0.4 is 10.5 Å². The standard InChI is InChI=1S/C16H23N3O5S/c1-2-24-16(21)14-5-3-4-10-19(14)11-15(20)18-12-6-8-13(9-7-12)25(17,22)23/h6-9,14H,2-5,10-11H2,1H3,(H,18,20)(H2,17,22,23). The number of piperidine rings is 1. The van der Waals surface area contributed by atoms with Gasteiger partial charge >= 0.3 is 5.97 Å². The minimum Gasteiger partial charge on any atom is -0.465 e. The fraction of sp³-hybridized carbons (Fsp3) is 0.500. The average molecular weight is 369 g/mol. The lowest BCUT2D eigenvalue weighted by Gasteiger charge is -2.33. The Kier molecular flexibility index (Phi) is 6.51.